The van der Waals surface area contributed by atoms with Crippen LogP contribution in [0.1, 0.15) is 26.7 Å². The molecular formula is C13H27N3O. The van der Waals surface area contributed by atoms with E-state index >= 15 is 0 Å². The van der Waals surface area contributed by atoms with Crippen LogP contribution in [0.4, 0.5) is 0 Å². The molecule has 3 atom stereocenters. The van der Waals surface area contributed by atoms with E-state index in [1.54, 1.807) is 0 Å². The maximum Gasteiger partial charge on any atom is 0.0623 e. The Balaban J connectivity index is 1.96. The highest BCUT2D eigenvalue weighted by Gasteiger charge is 2.36. The van der Waals surface area contributed by atoms with Crippen LogP contribution in [0.3, 0.4) is 0 Å². The van der Waals surface area contributed by atoms with Crippen LogP contribution in [-0.2, 0) is 0 Å². The van der Waals surface area contributed by atoms with Crippen molar-refractivity contribution in [2.45, 2.75) is 44.3 Å². The molecule has 2 N–H and O–H groups in total. The second kappa shape index (κ2) is 5.22. The lowest BCUT2D eigenvalue weighted by Gasteiger charge is -2.45. The molecule has 2 fully saturated rings. The van der Waals surface area contributed by atoms with Gasteiger partial charge in [0, 0.05) is 31.7 Å². The van der Waals surface area contributed by atoms with Crippen LogP contribution >= 0.6 is 0 Å². The normalized spacial score (nSPS) is 34.6. The van der Waals surface area contributed by atoms with E-state index in [2.05, 4.69) is 29.0 Å². The molecule has 0 aromatic carbocycles. The third-order valence-corrected chi connectivity index (χ3v) is 4.57. The first-order chi connectivity index (χ1) is 8.08. The number of nitrogens with one attached hydrogen (secondary N) is 1. The van der Waals surface area contributed by atoms with Gasteiger partial charge >= 0.3 is 0 Å². The SMILES string of the molecule is CNC(C)(CO)CN1CC2CCCN2CC1C. The van der Waals surface area contributed by atoms with Crippen molar-refractivity contribution in [3.8, 4) is 0 Å². The van der Waals surface area contributed by atoms with Gasteiger partial charge in [-0.15, -0.1) is 0 Å². The molecule has 0 radical (unpaired) electrons. The molecule has 0 saturated carbocycles. The van der Waals surface area contributed by atoms with E-state index in [0.717, 1.165) is 12.6 Å². The van der Waals surface area contributed by atoms with Crippen molar-refractivity contribution >= 4 is 0 Å². The number of fused-ring (bicyclic) bond motifs is 1. The number of rotatable bonds is 4. The van der Waals surface area contributed by atoms with Gasteiger partial charge in [-0.2, -0.15) is 0 Å². The Morgan fingerprint density at radius 3 is 2.82 bits per heavy atom. The molecule has 0 aromatic rings. The quantitative estimate of drug-likeness (QED) is 0.734. The first-order valence-electron chi connectivity index (χ1n) is 6.86. The Hall–Kier alpha value is -0.160. The molecule has 3 unspecified atom stereocenters. The second-order valence-electron chi connectivity index (χ2n) is 6.04. The number of aliphatic hydroxyl groups excluding tert-OH is 1. The molecular weight excluding hydrogens is 214 g/mol. The molecule has 4 heteroatoms. The predicted octanol–water partition coefficient (Wildman–Crippen LogP) is 0.125. The number of likely N-dealkylation sites (N-methyl/N-ethyl adjacent to an activating group) is 1. The summed E-state index contributed by atoms with van der Waals surface area (Å²) in [5, 5.41) is 12.7. The van der Waals surface area contributed by atoms with Crippen molar-refractivity contribution in [2.24, 2.45) is 0 Å². The molecule has 2 aliphatic heterocycles. The molecule has 0 spiro atoms. The summed E-state index contributed by atoms with van der Waals surface area (Å²) in [6, 6.07) is 1.36. The molecule has 0 bridgehead atoms. The smallest absolute Gasteiger partial charge is 0.0623 e. The highest BCUT2D eigenvalue weighted by atomic mass is 16.3. The van der Waals surface area contributed by atoms with Gasteiger partial charge in [-0.1, -0.05) is 0 Å². The molecule has 4 nitrogen and oxygen atoms in total. The van der Waals surface area contributed by atoms with Gasteiger partial charge in [0.15, 0.2) is 0 Å². The van der Waals surface area contributed by atoms with Gasteiger partial charge in [0.2, 0.25) is 0 Å². The van der Waals surface area contributed by atoms with E-state index in [4.69, 9.17) is 0 Å². The van der Waals surface area contributed by atoms with Crippen molar-refractivity contribution in [1.29, 1.82) is 0 Å². The number of piperazine rings is 1. The van der Waals surface area contributed by atoms with Gasteiger partial charge < -0.3 is 10.4 Å². The Morgan fingerprint density at radius 2 is 2.18 bits per heavy atom. The lowest BCUT2D eigenvalue weighted by molar-refractivity contribution is 0.0288. The van der Waals surface area contributed by atoms with Gasteiger partial charge in [-0.25, -0.2) is 0 Å². The van der Waals surface area contributed by atoms with Gasteiger partial charge in [0.05, 0.1) is 12.1 Å². The molecule has 0 amide bonds. The maximum atomic E-state index is 9.49. The summed E-state index contributed by atoms with van der Waals surface area (Å²) in [4.78, 5) is 5.18. The zero-order chi connectivity index (χ0) is 12.5. The summed E-state index contributed by atoms with van der Waals surface area (Å²) in [5.74, 6) is 0. The third-order valence-electron chi connectivity index (χ3n) is 4.57. The topological polar surface area (TPSA) is 38.7 Å². The standard InChI is InChI=1S/C13H27N3O/c1-11-7-15-6-4-5-12(15)8-16(11)9-13(2,10-17)14-3/h11-12,14,17H,4-10H2,1-3H3. The summed E-state index contributed by atoms with van der Waals surface area (Å²) in [6.45, 7) is 9.18. The second-order valence-corrected chi connectivity index (χ2v) is 6.04. The molecule has 2 rings (SSSR count). The van der Waals surface area contributed by atoms with Gasteiger partial charge in [0.25, 0.3) is 0 Å². The van der Waals surface area contributed by atoms with E-state index < -0.39 is 0 Å². The summed E-state index contributed by atoms with van der Waals surface area (Å²) < 4.78 is 0. The van der Waals surface area contributed by atoms with Gasteiger partial charge in [-0.3, -0.25) is 9.80 Å². The van der Waals surface area contributed by atoms with Crippen LogP contribution in [0, 0.1) is 0 Å². The molecule has 100 valence electrons. The van der Waals surface area contributed by atoms with E-state index in [0.29, 0.717) is 6.04 Å². The van der Waals surface area contributed by atoms with Crippen LogP contribution in [-0.4, -0.2) is 72.4 Å². The summed E-state index contributed by atoms with van der Waals surface area (Å²) in [5.41, 5.74) is -0.172. The fourth-order valence-electron chi connectivity index (χ4n) is 3.12. The average molecular weight is 241 g/mol. The highest BCUT2D eigenvalue weighted by molar-refractivity contribution is 4.94. The summed E-state index contributed by atoms with van der Waals surface area (Å²) >= 11 is 0. The van der Waals surface area contributed by atoms with Crippen molar-refractivity contribution < 1.29 is 5.11 Å². The molecule has 2 aliphatic rings. The lowest BCUT2D eigenvalue weighted by atomic mass is 10.00. The lowest BCUT2D eigenvalue weighted by Crippen LogP contribution is -2.61. The monoisotopic (exact) mass is 241 g/mol. The zero-order valence-corrected chi connectivity index (χ0v) is 11.4. The Bertz CT molecular complexity index is 255. The Morgan fingerprint density at radius 1 is 1.41 bits per heavy atom. The molecule has 2 saturated heterocycles. The van der Waals surface area contributed by atoms with Crippen molar-refractivity contribution in [3.63, 3.8) is 0 Å². The van der Waals surface area contributed by atoms with Crippen molar-refractivity contribution in [2.75, 3.05) is 39.8 Å². The fraction of sp³-hybridized carbons (Fsp3) is 1.00. The number of hydrogen-bond acceptors (Lipinski definition) is 4. The minimum absolute atomic E-state index is 0.172. The van der Waals surface area contributed by atoms with Crippen LogP contribution in [0.25, 0.3) is 0 Å². The van der Waals surface area contributed by atoms with Crippen LogP contribution in [0.2, 0.25) is 0 Å². The first kappa shape index (κ1) is 13.3. The van der Waals surface area contributed by atoms with E-state index in [9.17, 15) is 5.11 Å². The summed E-state index contributed by atoms with van der Waals surface area (Å²) in [6.07, 6.45) is 2.70. The largest absolute Gasteiger partial charge is 0.394 e. The zero-order valence-electron chi connectivity index (χ0n) is 11.4. The third kappa shape index (κ3) is 2.81. The van der Waals surface area contributed by atoms with Gasteiger partial charge in [-0.05, 0) is 40.3 Å². The number of hydrogen-bond donors (Lipinski definition) is 2. The molecule has 0 aliphatic carbocycles. The minimum Gasteiger partial charge on any atom is -0.394 e. The number of nitrogens with zero attached hydrogens (tertiary/aromatic N) is 2. The average Bonchev–Trinajstić information content (AvgIpc) is 2.76. The Labute approximate surface area is 105 Å². The highest BCUT2D eigenvalue weighted by Crippen LogP contribution is 2.25. The molecule has 17 heavy (non-hydrogen) atoms. The van der Waals surface area contributed by atoms with Crippen LogP contribution in [0.5, 0.6) is 0 Å². The first-order valence-corrected chi connectivity index (χ1v) is 6.86. The summed E-state index contributed by atoms with van der Waals surface area (Å²) in [7, 11) is 1.94. The molecule has 0 aromatic heterocycles. The van der Waals surface area contributed by atoms with Crippen molar-refractivity contribution in [1.82, 2.24) is 15.1 Å². The fourth-order valence-corrected chi connectivity index (χ4v) is 3.12. The minimum atomic E-state index is -0.172. The van der Waals surface area contributed by atoms with Crippen LogP contribution in [0.15, 0.2) is 0 Å². The van der Waals surface area contributed by atoms with E-state index in [-0.39, 0.29) is 12.1 Å². The predicted molar refractivity (Wildman–Crippen MR) is 70.2 cm³/mol. The van der Waals surface area contributed by atoms with E-state index in [1.807, 2.05) is 7.05 Å². The molecule has 2 heterocycles. The number of aliphatic hydroxyl groups is 1. The maximum absolute atomic E-state index is 9.49. The van der Waals surface area contributed by atoms with Crippen LogP contribution < -0.4 is 5.32 Å². The Kier molecular flexibility index (Phi) is 4.08. The van der Waals surface area contributed by atoms with Crippen molar-refractivity contribution in [3.05, 3.63) is 0 Å². The van der Waals surface area contributed by atoms with E-state index in [1.165, 1.54) is 32.5 Å². The van der Waals surface area contributed by atoms with Gasteiger partial charge in [0.1, 0.15) is 0 Å².